The molecule has 0 aromatic carbocycles. The fourth-order valence-corrected chi connectivity index (χ4v) is 4.48. The van der Waals surface area contributed by atoms with E-state index < -0.39 is 0 Å². The number of aryl methyl sites for hydroxylation is 3. The van der Waals surface area contributed by atoms with Crippen molar-refractivity contribution in [3.63, 3.8) is 0 Å². The summed E-state index contributed by atoms with van der Waals surface area (Å²) in [5, 5.41) is 11.2. The summed E-state index contributed by atoms with van der Waals surface area (Å²) in [4.78, 5) is 21.9. The van der Waals surface area contributed by atoms with Gasteiger partial charge in [-0.05, 0) is 40.8 Å². The molecule has 0 radical (unpaired) electrons. The topological polar surface area (TPSA) is 91.2 Å². The summed E-state index contributed by atoms with van der Waals surface area (Å²) in [5.41, 5.74) is 2.65. The van der Waals surface area contributed by atoms with Crippen LogP contribution >= 0.6 is 0 Å². The largest absolute Gasteiger partial charge is 0.341 e. The van der Waals surface area contributed by atoms with Crippen LogP contribution < -0.4 is 0 Å². The van der Waals surface area contributed by atoms with Crippen LogP contribution in [0.3, 0.4) is 0 Å². The van der Waals surface area contributed by atoms with Gasteiger partial charge in [0.05, 0.1) is 17.5 Å². The molecule has 2 aliphatic rings. The van der Waals surface area contributed by atoms with Gasteiger partial charge in [0.1, 0.15) is 0 Å². The Morgan fingerprint density at radius 2 is 2.15 bits per heavy atom. The highest BCUT2D eigenvalue weighted by Gasteiger charge is 2.54. The molecule has 8 heteroatoms. The lowest BCUT2D eigenvalue weighted by Gasteiger charge is -2.39. The Bertz CT molecular complexity index is 808. The number of hydrogen-bond donors (Lipinski definition) is 1. The summed E-state index contributed by atoms with van der Waals surface area (Å²) in [6, 6.07) is 0. The molecule has 0 spiro atoms. The molecule has 140 valence electrons. The third-order valence-corrected chi connectivity index (χ3v) is 6.08. The van der Waals surface area contributed by atoms with Gasteiger partial charge in [-0.3, -0.25) is 9.89 Å². The van der Waals surface area contributed by atoms with E-state index in [1.165, 1.54) is 0 Å². The first-order valence-electron chi connectivity index (χ1n) is 9.16. The number of fused-ring (bicyclic) bond motifs is 1. The molecule has 2 atom stereocenters. The number of likely N-dealkylation sites (tertiary alicyclic amines) is 2. The van der Waals surface area contributed by atoms with Crippen molar-refractivity contribution in [3.8, 4) is 0 Å². The van der Waals surface area contributed by atoms with Gasteiger partial charge in [0.15, 0.2) is 5.82 Å². The van der Waals surface area contributed by atoms with E-state index in [2.05, 4.69) is 32.3 Å². The maximum Gasteiger partial charge on any atom is 0.235 e. The molecule has 8 nitrogen and oxygen atoms in total. The number of carbonyl (C=O) groups excluding carboxylic acids is 1. The first-order valence-corrected chi connectivity index (χ1v) is 9.16. The van der Waals surface area contributed by atoms with Crippen LogP contribution in [0.5, 0.6) is 0 Å². The fraction of sp³-hybridized carbons (Fsp3) is 0.667. The molecular weight excluding hydrogens is 332 g/mol. The third kappa shape index (κ3) is 2.72. The van der Waals surface area contributed by atoms with E-state index in [4.69, 9.17) is 4.52 Å². The normalized spacial score (nSPS) is 26.3. The number of hydrogen-bond acceptors (Lipinski definition) is 6. The molecule has 2 aromatic rings. The van der Waals surface area contributed by atoms with Crippen LogP contribution in [0.2, 0.25) is 0 Å². The van der Waals surface area contributed by atoms with Gasteiger partial charge in [-0.15, -0.1) is 0 Å². The minimum atomic E-state index is -0.218. The zero-order valence-electron chi connectivity index (χ0n) is 15.9. The number of amides is 1. The average molecular weight is 358 g/mol. The fourth-order valence-electron chi connectivity index (χ4n) is 4.48. The van der Waals surface area contributed by atoms with E-state index in [1.54, 1.807) is 0 Å². The molecule has 26 heavy (non-hydrogen) atoms. The number of carbonyl (C=O) groups is 1. The van der Waals surface area contributed by atoms with Crippen molar-refractivity contribution < 1.29 is 9.32 Å². The molecule has 1 amide bonds. The lowest BCUT2D eigenvalue weighted by molar-refractivity contribution is -0.129. The maximum absolute atomic E-state index is 13.0. The van der Waals surface area contributed by atoms with Gasteiger partial charge < -0.3 is 14.3 Å². The molecule has 0 saturated carbocycles. The lowest BCUT2D eigenvalue weighted by Crippen LogP contribution is -2.48. The summed E-state index contributed by atoms with van der Waals surface area (Å²) in [6.45, 7) is 9.05. The Hall–Kier alpha value is -2.22. The summed E-state index contributed by atoms with van der Waals surface area (Å²) in [6.07, 6.45) is 1.32. The quantitative estimate of drug-likeness (QED) is 0.880. The molecule has 0 unspecified atom stereocenters. The van der Waals surface area contributed by atoms with E-state index >= 15 is 0 Å². The summed E-state index contributed by atoms with van der Waals surface area (Å²) < 4.78 is 5.58. The predicted octanol–water partition coefficient (Wildman–Crippen LogP) is 0.992. The number of aromatic nitrogens is 4. The molecule has 2 fully saturated rings. The first kappa shape index (κ1) is 17.2. The molecule has 0 bridgehead atoms. The van der Waals surface area contributed by atoms with Crippen molar-refractivity contribution in [3.05, 3.63) is 28.7 Å². The van der Waals surface area contributed by atoms with Gasteiger partial charge >= 0.3 is 0 Å². The minimum absolute atomic E-state index is 0.144. The van der Waals surface area contributed by atoms with Gasteiger partial charge in [0.2, 0.25) is 11.8 Å². The molecule has 2 aromatic heterocycles. The first-order chi connectivity index (χ1) is 12.4. The number of piperidine rings is 1. The van der Waals surface area contributed by atoms with Crippen molar-refractivity contribution >= 4 is 5.91 Å². The molecule has 2 aliphatic heterocycles. The van der Waals surface area contributed by atoms with Crippen LogP contribution in [0.15, 0.2) is 4.52 Å². The summed E-state index contributed by atoms with van der Waals surface area (Å²) >= 11 is 0. The molecule has 4 rings (SSSR count). The minimum Gasteiger partial charge on any atom is -0.341 e. The van der Waals surface area contributed by atoms with Gasteiger partial charge in [0, 0.05) is 36.8 Å². The molecule has 0 aliphatic carbocycles. The van der Waals surface area contributed by atoms with E-state index in [-0.39, 0.29) is 11.3 Å². The van der Waals surface area contributed by atoms with Crippen molar-refractivity contribution in [1.82, 2.24) is 30.1 Å². The van der Waals surface area contributed by atoms with Crippen LogP contribution in [0, 0.1) is 26.7 Å². The smallest absolute Gasteiger partial charge is 0.235 e. The Kier molecular flexibility index (Phi) is 4.10. The van der Waals surface area contributed by atoms with Gasteiger partial charge in [-0.25, -0.2) is 0 Å². The third-order valence-electron chi connectivity index (χ3n) is 6.08. The van der Waals surface area contributed by atoms with Crippen LogP contribution in [0.25, 0.3) is 0 Å². The molecule has 1 N–H and O–H groups in total. The molecular formula is C18H26N6O2. The number of H-pyrrole nitrogens is 1. The number of nitrogens with one attached hydrogen (secondary N) is 1. The molecule has 2 saturated heterocycles. The van der Waals surface area contributed by atoms with Crippen LogP contribution in [-0.4, -0.2) is 69.3 Å². The van der Waals surface area contributed by atoms with Crippen LogP contribution in [-0.2, 0) is 16.6 Å². The maximum atomic E-state index is 13.0. The highest BCUT2D eigenvalue weighted by atomic mass is 16.5. The van der Waals surface area contributed by atoms with E-state index in [0.717, 1.165) is 43.0 Å². The Morgan fingerprint density at radius 3 is 2.81 bits per heavy atom. The van der Waals surface area contributed by atoms with Gasteiger partial charge in [-0.2, -0.15) is 10.1 Å². The highest BCUT2D eigenvalue weighted by molar-refractivity contribution is 5.80. The van der Waals surface area contributed by atoms with Crippen molar-refractivity contribution in [2.45, 2.75) is 39.0 Å². The van der Waals surface area contributed by atoms with E-state index in [9.17, 15) is 4.79 Å². The zero-order chi connectivity index (χ0) is 18.5. The second-order valence-electron chi connectivity index (χ2n) is 7.88. The second-order valence-corrected chi connectivity index (χ2v) is 7.88. The highest BCUT2D eigenvalue weighted by Crippen LogP contribution is 2.44. The van der Waals surface area contributed by atoms with Gasteiger partial charge in [-0.1, -0.05) is 5.16 Å². The lowest BCUT2D eigenvalue weighted by atomic mass is 9.72. The average Bonchev–Trinajstić information content (AvgIpc) is 3.28. The van der Waals surface area contributed by atoms with Crippen molar-refractivity contribution in [1.29, 1.82) is 0 Å². The monoisotopic (exact) mass is 358 g/mol. The predicted molar refractivity (Wildman–Crippen MR) is 94.7 cm³/mol. The van der Waals surface area contributed by atoms with Crippen LogP contribution in [0.4, 0.5) is 0 Å². The SMILES string of the molecule is Cc1noc([C@@]23CCN(C)C[C@@H]2CN(C(=O)Cc2c(C)n[nH]c2C)C3)n1. The summed E-state index contributed by atoms with van der Waals surface area (Å²) in [7, 11) is 2.13. The summed E-state index contributed by atoms with van der Waals surface area (Å²) in [5.74, 6) is 1.81. The van der Waals surface area contributed by atoms with E-state index in [1.807, 2.05) is 25.7 Å². The van der Waals surface area contributed by atoms with Gasteiger partial charge in [0.25, 0.3) is 0 Å². The van der Waals surface area contributed by atoms with E-state index in [0.29, 0.717) is 30.6 Å². The number of nitrogens with zero attached hydrogens (tertiary/aromatic N) is 5. The van der Waals surface area contributed by atoms with Crippen molar-refractivity contribution in [2.75, 3.05) is 33.2 Å². The Balaban J connectivity index is 1.59. The van der Waals surface area contributed by atoms with Crippen molar-refractivity contribution in [2.24, 2.45) is 5.92 Å². The molecule has 4 heterocycles. The van der Waals surface area contributed by atoms with Crippen LogP contribution in [0.1, 0.15) is 35.1 Å². The Labute approximate surface area is 152 Å². The number of aromatic amines is 1. The number of rotatable bonds is 3. The second kappa shape index (κ2) is 6.19. The standard InChI is InChI=1S/C18H26N6O2/c1-11-15(12(2)21-20-11)7-16(25)24-9-14-8-23(4)6-5-18(14,10-24)17-19-13(3)22-26-17/h14H,5-10H2,1-4H3,(H,20,21)/t14-,18-/m1/s1. The zero-order valence-corrected chi connectivity index (χ0v) is 15.9. The Morgan fingerprint density at radius 1 is 1.35 bits per heavy atom.